The Balaban J connectivity index is 1.49. The molecule has 0 aliphatic carbocycles. The van der Waals surface area contributed by atoms with Gasteiger partial charge in [-0.15, -0.1) is 0 Å². The smallest absolute Gasteiger partial charge is 0.305 e. The molecule has 3 rings (SSSR count). The van der Waals surface area contributed by atoms with E-state index in [1.807, 2.05) is 0 Å². The van der Waals surface area contributed by atoms with Crippen LogP contribution in [-0.2, 0) is 20.4 Å². The highest BCUT2D eigenvalue weighted by molar-refractivity contribution is 5.69. The first-order valence-corrected chi connectivity index (χ1v) is 13.9. The first-order chi connectivity index (χ1) is 16.2. The van der Waals surface area contributed by atoms with E-state index in [-0.39, 0.29) is 16.8 Å². The van der Waals surface area contributed by atoms with E-state index in [0.29, 0.717) is 38.0 Å². The predicted molar refractivity (Wildman–Crippen MR) is 141 cm³/mol. The molecule has 0 radical (unpaired) electrons. The van der Waals surface area contributed by atoms with Crippen molar-refractivity contribution in [1.29, 1.82) is 0 Å². The Morgan fingerprint density at radius 2 is 1.74 bits per heavy atom. The van der Waals surface area contributed by atoms with Crippen molar-refractivity contribution in [3.8, 4) is 5.75 Å². The van der Waals surface area contributed by atoms with Crippen LogP contribution in [0.2, 0.25) is 0 Å². The molecule has 2 atom stereocenters. The molecule has 0 amide bonds. The summed E-state index contributed by atoms with van der Waals surface area (Å²) in [5, 5.41) is 0. The highest BCUT2D eigenvalue weighted by atomic mass is 16.5. The predicted octanol–water partition coefficient (Wildman–Crippen LogP) is 7.03. The molecule has 2 heterocycles. The molecule has 2 fully saturated rings. The highest BCUT2D eigenvalue weighted by Gasteiger charge is 2.33. The van der Waals surface area contributed by atoms with Gasteiger partial charge in [0.1, 0.15) is 5.75 Å². The van der Waals surface area contributed by atoms with Crippen molar-refractivity contribution in [2.45, 2.75) is 116 Å². The Morgan fingerprint density at radius 3 is 2.47 bits per heavy atom. The lowest BCUT2D eigenvalue weighted by molar-refractivity contribution is -0.146. The van der Waals surface area contributed by atoms with E-state index in [4.69, 9.17) is 9.47 Å². The van der Waals surface area contributed by atoms with Crippen LogP contribution >= 0.6 is 0 Å². The lowest BCUT2D eigenvalue weighted by atomic mass is 9.76. The molecule has 1 aromatic rings. The van der Waals surface area contributed by atoms with Crippen LogP contribution in [0.1, 0.15) is 110 Å². The first kappa shape index (κ1) is 27.0. The molecule has 4 heteroatoms. The minimum atomic E-state index is -0.0781. The van der Waals surface area contributed by atoms with Gasteiger partial charge in [0, 0.05) is 23.9 Å². The summed E-state index contributed by atoms with van der Waals surface area (Å²) in [4.78, 5) is 15.1. The van der Waals surface area contributed by atoms with Crippen molar-refractivity contribution >= 4 is 5.97 Å². The third kappa shape index (κ3) is 6.77. The van der Waals surface area contributed by atoms with Gasteiger partial charge in [0.25, 0.3) is 0 Å². The molecule has 0 aromatic heterocycles. The van der Waals surface area contributed by atoms with Crippen LogP contribution in [0.5, 0.6) is 5.75 Å². The molecule has 192 valence electrons. The average Bonchev–Trinajstić information content (AvgIpc) is 2.85. The number of benzene rings is 1. The lowest BCUT2D eigenvalue weighted by Gasteiger charge is -2.44. The summed E-state index contributed by atoms with van der Waals surface area (Å²) in [6.45, 7) is 17.2. The zero-order valence-corrected chi connectivity index (χ0v) is 22.8. The standard InChI is InChI=1S/C30H49NO3/c1-7-29(3,4)24-16-17-27(25(21-24)30(5,6)8-2)33-20-12-15-28(32)34-22-23-13-11-19-31-18-10-9-14-26(23)31/h16-17,21,23,26H,7-15,18-20,22H2,1-6H3/t23-,26-/m0/s1. The second-order valence-corrected chi connectivity index (χ2v) is 11.8. The van der Waals surface area contributed by atoms with Crippen LogP contribution in [0.15, 0.2) is 18.2 Å². The number of fused-ring (bicyclic) bond motifs is 1. The Bertz CT molecular complexity index is 798. The SMILES string of the molecule is CCC(C)(C)c1ccc(OCCCC(=O)OC[C@@H]2CCCN3CCCC[C@@H]23)c(C(C)(C)CC)c1. The van der Waals surface area contributed by atoms with Gasteiger partial charge in [-0.3, -0.25) is 9.69 Å². The summed E-state index contributed by atoms with van der Waals surface area (Å²) < 4.78 is 12.0. The van der Waals surface area contributed by atoms with Gasteiger partial charge < -0.3 is 9.47 Å². The highest BCUT2D eigenvalue weighted by Crippen LogP contribution is 2.38. The lowest BCUT2D eigenvalue weighted by Crippen LogP contribution is -2.49. The topological polar surface area (TPSA) is 38.8 Å². The molecule has 2 saturated heterocycles. The molecular weight excluding hydrogens is 422 g/mol. The summed E-state index contributed by atoms with van der Waals surface area (Å²) in [5.41, 5.74) is 2.82. The number of nitrogens with zero attached hydrogens (tertiary/aromatic N) is 1. The van der Waals surface area contributed by atoms with E-state index in [1.165, 1.54) is 56.3 Å². The Hall–Kier alpha value is -1.55. The van der Waals surface area contributed by atoms with Gasteiger partial charge >= 0.3 is 5.97 Å². The number of piperidine rings is 2. The van der Waals surface area contributed by atoms with E-state index < -0.39 is 0 Å². The van der Waals surface area contributed by atoms with Gasteiger partial charge in [0.15, 0.2) is 0 Å². The van der Waals surface area contributed by atoms with Gasteiger partial charge in [0.2, 0.25) is 0 Å². The Kier molecular flexibility index (Phi) is 9.49. The van der Waals surface area contributed by atoms with Crippen LogP contribution in [0.25, 0.3) is 0 Å². The average molecular weight is 472 g/mol. The number of rotatable bonds is 11. The number of carbonyl (C=O) groups excluding carboxylic acids is 1. The number of esters is 1. The second-order valence-electron chi connectivity index (χ2n) is 11.8. The van der Waals surface area contributed by atoms with E-state index in [1.54, 1.807) is 0 Å². The van der Waals surface area contributed by atoms with Crippen LogP contribution in [0.4, 0.5) is 0 Å². The third-order valence-electron chi connectivity index (χ3n) is 8.73. The molecule has 4 nitrogen and oxygen atoms in total. The summed E-state index contributed by atoms with van der Waals surface area (Å²) in [6.07, 6.45) is 9.58. The van der Waals surface area contributed by atoms with E-state index in [9.17, 15) is 4.79 Å². The van der Waals surface area contributed by atoms with Crippen LogP contribution in [-0.4, -0.2) is 43.2 Å². The van der Waals surface area contributed by atoms with Crippen molar-refractivity contribution in [3.63, 3.8) is 0 Å². The van der Waals surface area contributed by atoms with Crippen molar-refractivity contribution in [2.75, 3.05) is 26.3 Å². The van der Waals surface area contributed by atoms with Crippen molar-refractivity contribution in [2.24, 2.45) is 5.92 Å². The zero-order chi connectivity index (χ0) is 24.8. The number of ether oxygens (including phenoxy) is 2. The maximum atomic E-state index is 12.4. The summed E-state index contributed by atoms with van der Waals surface area (Å²) >= 11 is 0. The van der Waals surface area contributed by atoms with Gasteiger partial charge in [0.05, 0.1) is 13.2 Å². The minimum Gasteiger partial charge on any atom is -0.493 e. The number of carbonyl (C=O) groups is 1. The summed E-state index contributed by atoms with van der Waals surface area (Å²) in [6, 6.07) is 7.31. The largest absolute Gasteiger partial charge is 0.493 e. The molecule has 2 aliphatic rings. The fourth-order valence-corrected chi connectivity index (χ4v) is 5.44. The van der Waals surface area contributed by atoms with Gasteiger partial charge in [-0.05, 0) is 80.5 Å². The fourth-order valence-electron chi connectivity index (χ4n) is 5.44. The third-order valence-corrected chi connectivity index (χ3v) is 8.73. The molecule has 0 N–H and O–H groups in total. The zero-order valence-electron chi connectivity index (χ0n) is 22.8. The molecular formula is C30H49NO3. The van der Waals surface area contributed by atoms with Crippen molar-refractivity contribution in [1.82, 2.24) is 4.90 Å². The molecule has 0 unspecified atom stereocenters. The van der Waals surface area contributed by atoms with Crippen LogP contribution in [0, 0.1) is 5.92 Å². The molecule has 1 aromatic carbocycles. The van der Waals surface area contributed by atoms with Crippen LogP contribution in [0.3, 0.4) is 0 Å². The maximum absolute atomic E-state index is 12.4. The molecule has 0 saturated carbocycles. The van der Waals surface area contributed by atoms with Gasteiger partial charge in [-0.25, -0.2) is 0 Å². The molecule has 0 bridgehead atoms. The normalized spacial score (nSPS) is 21.7. The van der Waals surface area contributed by atoms with Gasteiger partial charge in [-0.1, -0.05) is 60.1 Å². The van der Waals surface area contributed by atoms with E-state index in [2.05, 4.69) is 64.6 Å². The Labute approximate surface area is 208 Å². The Morgan fingerprint density at radius 1 is 1.00 bits per heavy atom. The maximum Gasteiger partial charge on any atom is 0.305 e. The van der Waals surface area contributed by atoms with Crippen LogP contribution < -0.4 is 4.74 Å². The quantitative estimate of drug-likeness (QED) is 0.256. The van der Waals surface area contributed by atoms with Crippen molar-refractivity contribution in [3.05, 3.63) is 29.3 Å². The van der Waals surface area contributed by atoms with Gasteiger partial charge in [-0.2, -0.15) is 0 Å². The monoisotopic (exact) mass is 471 g/mol. The van der Waals surface area contributed by atoms with Crippen molar-refractivity contribution < 1.29 is 14.3 Å². The molecule has 2 aliphatic heterocycles. The number of hydrogen-bond acceptors (Lipinski definition) is 4. The summed E-state index contributed by atoms with van der Waals surface area (Å²) in [7, 11) is 0. The molecule has 34 heavy (non-hydrogen) atoms. The fraction of sp³-hybridized carbons (Fsp3) is 0.767. The number of hydrogen-bond donors (Lipinski definition) is 0. The molecule has 0 spiro atoms. The second kappa shape index (κ2) is 11.9. The minimum absolute atomic E-state index is 0.0428. The first-order valence-electron chi connectivity index (χ1n) is 13.9. The summed E-state index contributed by atoms with van der Waals surface area (Å²) in [5.74, 6) is 1.39. The van der Waals surface area contributed by atoms with E-state index >= 15 is 0 Å². The van der Waals surface area contributed by atoms with E-state index in [0.717, 1.165) is 18.6 Å².